The lowest BCUT2D eigenvalue weighted by atomic mass is 9.82. The van der Waals surface area contributed by atoms with Gasteiger partial charge in [0.25, 0.3) is 0 Å². The minimum Gasteiger partial charge on any atom is -0.481 e. The molecule has 1 saturated carbocycles. The number of benzene rings is 1. The summed E-state index contributed by atoms with van der Waals surface area (Å²) in [5.41, 5.74) is 1.84. The van der Waals surface area contributed by atoms with Gasteiger partial charge in [-0.05, 0) is 18.3 Å². The minimum absolute atomic E-state index is 0.0118. The SMILES string of the molecule is O=C(NCc1csc(-c2ccccc2)n1)[C@@H]1[C@H](C(=O)O)[C@H]2C=C[C@H]1C2. The second kappa shape index (κ2) is 6.44. The van der Waals surface area contributed by atoms with Gasteiger partial charge in [0.15, 0.2) is 0 Å². The molecule has 1 aromatic heterocycles. The van der Waals surface area contributed by atoms with Gasteiger partial charge in [-0.25, -0.2) is 4.98 Å². The number of carboxylic acid groups (broad SMARTS) is 1. The van der Waals surface area contributed by atoms with E-state index in [9.17, 15) is 14.7 Å². The van der Waals surface area contributed by atoms with E-state index >= 15 is 0 Å². The third-order valence-corrected chi connectivity index (χ3v) is 6.00. The van der Waals surface area contributed by atoms with Crippen molar-refractivity contribution >= 4 is 23.2 Å². The summed E-state index contributed by atoms with van der Waals surface area (Å²) in [6.07, 6.45) is 4.70. The first-order chi connectivity index (χ1) is 12.1. The van der Waals surface area contributed by atoms with E-state index in [2.05, 4.69) is 10.3 Å². The number of hydrogen-bond acceptors (Lipinski definition) is 4. The van der Waals surface area contributed by atoms with Crippen molar-refractivity contribution in [1.82, 2.24) is 10.3 Å². The molecule has 2 aliphatic rings. The maximum absolute atomic E-state index is 12.6. The number of rotatable bonds is 5. The number of carboxylic acids is 1. The molecule has 25 heavy (non-hydrogen) atoms. The number of fused-ring (bicyclic) bond motifs is 2. The van der Waals surface area contributed by atoms with Crippen LogP contribution >= 0.6 is 11.3 Å². The molecule has 1 heterocycles. The van der Waals surface area contributed by atoms with Gasteiger partial charge in [-0.15, -0.1) is 11.3 Å². The summed E-state index contributed by atoms with van der Waals surface area (Å²) in [5.74, 6) is -2.11. The zero-order chi connectivity index (χ0) is 17.4. The van der Waals surface area contributed by atoms with Crippen LogP contribution in [0.4, 0.5) is 0 Å². The summed E-state index contributed by atoms with van der Waals surface area (Å²) in [6, 6.07) is 9.89. The molecule has 1 amide bonds. The van der Waals surface area contributed by atoms with Crippen molar-refractivity contribution in [2.75, 3.05) is 0 Å². The van der Waals surface area contributed by atoms with Crippen LogP contribution in [-0.4, -0.2) is 22.0 Å². The van der Waals surface area contributed by atoms with E-state index in [1.165, 1.54) is 11.3 Å². The zero-order valence-electron chi connectivity index (χ0n) is 13.5. The number of hydrogen-bond donors (Lipinski definition) is 2. The number of aliphatic carboxylic acids is 1. The summed E-state index contributed by atoms with van der Waals surface area (Å²) in [6.45, 7) is 0.326. The van der Waals surface area contributed by atoms with Gasteiger partial charge < -0.3 is 10.4 Å². The predicted molar refractivity (Wildman–Crippen MR) is 94.7 cm³/mol. The molecule has 128 valence electrons. The van der Waals surface area contributed by atoms with Crippen LogP contribution in [0.15, 0.2) is 47.9 Å². The predicted octanol–water partition coefficient (Wildman–Crippen LogP) is 2.95. The highest BCUT2D eigenvalue weighted by Crippen LogP contribution is 2.48. The van der Waals surface area contributed by atoms with Gasteiger partial charge in [-0.2, -0.15) is 0 Å². The second-order valence-corrected chi connectivity index (χ2v) is 7.42. The number of allylic oxidation sites excluding steroid dienone is 2. The van der Waals surface area contributed by atoms with E-state index in [-0.39, 0.29) is 17.7 Å². The third-order valence-electron chi connectivity index (χ3n) is 5.06. The van der Waals surface area contributed by atoms with Crippen molar-refractivity contribution < 1.29 is 14.7 Å². The molecule has 1 fully saturated rings. The fourth-order valence-electron chi connectivity index (χ4n) is 3.91. The lowest BCUT2D eigenvalue weighted by Gasteiger charge is -2.23. The molecule has 4 rings (SSSR count). The zero-order valence-corrected chi connectivity index (χ0v) is 14.3. The molecule has 0 spiro atoms. The Balaban J connectivity index is 1.42. The van der Waals surface area contributed by atoms with E-state index in [0.717, 1.165) is 22.7 Å². The number of nitrogens with zero attached hydrogens (tertiary/aromatic N) is 1. The largest absolute Gasteiger partial charge is 0.481 e. The number of nitrogens with one attached hydrogen (secondary N) is 1. The lowest BCUT2D eigenvalue weighted by molar-refractivity contribution is -0.147. The third kappa shape index (κ3) is 2.98. The van der Waals surface area contributed by atoms with Crippen molar-refractivity contribution in [2.45, 2.75) is 13.0 Å². The van der Waals surface area contributed by atoms with Crippen LogP contribution < -0.4 is 5.32 Å². The van der Waals surface area contributed by atoms with Gasteiger partial charge in [-0.3, -0.25) is 9.59 Å². The maximum Gasteiger partial charge on any atom is 0.307 e. The summed E-state index contributed by atoms with van der Waals surface area (Å²) >= 11 is 1.54. The maximum atomic E-state index is 12.6. The molecule has 0 saturated heterocycles. The van der Waals surface area contributed by atoms with Gasteiger partial charge in [0.1, 0.15) is 5.01 Å². The average molecular weight is 354 g/mol. The van der Waals surface area contributed by atoms with Crippen molar-refractivity contribution in [3.05, 3.63) is 53.6 Å². The van der Waals surface area contributed by atoms with Crippen molar-refractivity contribution in [3.8, 4) is 10.6 Å². The van der Waals surface area contributed by atoms with E-state index in [4.69, 9.17) is 0 Å². The monoisotopic (exact) mass is 354 g/mol. The Bertz CT molecular complexity index is 830. The van der Waals surface area contributed by atoms with Crippen molar-refractivity contribution in [3.63, 3.8) is 0 Å². The Hall–Kier alpha value is -2.47. The van der Waals surface area contributed by atoms with E-state index in [1.54, 1.807) is 0 Å². The van der Waals surface area contributed by atoms with Crippen LogP contribution in [0.5, 0.6) is 0 Å². The average Bonchev–Trinajstić information content (AvgIpc) is 3.35. The first-order valence-corrected chi connectivity index (χ1v) is 9.20. The summed E-state index contributed by atoms with van der Waals surface area (Å²) in [7, 11) is 0. The lowest BCUT2D eigenvalue weighted by Crippen LogP contribution is -2.39. The van der Waals surface area contributed by atoms with Crippen LogP contribution in [0.25, 0.3) is 10.6 Å². The Morgan fingerprint density at radius 3 is 2.60 bits per heavy atom. The summed E-state index contributed by atoms with van der Waals surface area (Å²) in [4.78, 5) is 28.6. The topological polar surface area (TPSA) is 79.3 Å². The Kier molecular flexibility index (Phi) is 4.13. The quantitative estimate of drug-likeness (QED) is 0.809. The Labute approximate surface area is 149 Å². The van der Waals surface area contributed by atoms with Crippen molar-refractivity contribution in [1.29, 1.82) is 0 Å². The Morgan fingerprint density at radius 1 is 1.16 bits per heavy atom. The number of aromatic nitrogens is 1. The fourth-order valence-corrected chi connectivity index (χ4v) is 4.74. The second-order valence-electron chi connectivity index (χ2n) is 6.57. The molecule has 2 bridgehead atoms. The molecule has 2 aliphatic carbocycles. The van der Waals surface area contributed by atoms with E-state index in [0.29, 0.717) is 6.54 Å². The summed E-state index contributed by atoms with van der Waals surface area (Å²) < 4.78 is 0. The molecule has 0 unspecified atom stereocenters. The molecule has 2 N–H and O–H groups in total. The molecular formula is C19H18N2O3S. The van der Waals surface area contributed by atoms with Gasteiger partial charge in [-0.1, -0.05) is 42.5 Å². The fraction of sp³-hybridized carbons (Fsp3) is 0.316. The molecule has 5 nitrogen and oxygen atoms in total. The van der Waals surface area contributed by atoms with Gasteiger partial charge in [0, 0.05) is 10.9 Å². The normalized spacial score (nSPS) is 26.7. The van der Waals surface area contributed by atoms with Gasteiger partial charge in [0.05, 0.1) is 24.1 Å². The van der Waals surface area contributed by atoms with Crippen LogP contribution in [0, 0.1) is 23.7 Å². The number of thiazole rings is 1. The van der Waals surface area contributed by atoms with Crippen LogP contribution in [-0.2, 0) is 16.1 Å². The molecule has 2 aromatic rings. The van der Waals surface area contributed by atoms with E-state index in [1.807, 2.05) is 47.9 Å². The minimum atomic E-state index is -0.878. The van der Waals surface area contributed by atoms with Gasteiger partial charge in [0.2, 0.25) is 5.91 Å². The molecular weight excluding hydrogens is 336 g/mol. The molecule has 4 atom stereocenters. The summed E-state index contributed by atoms with van der Waals surface area (Å²) in [5, 5.41) is 15.2. The number of carbonyl (C=O) groups is 2. The highest BCUT2D eigenvalue weighted by Gasteiger charge is 2.51. The number of amides is 1. The Morgan fingerprint density at radius 2 is 1.88 bits per heavy atom. The highest BCUT2D eigenvalue weighted by molar-refractivity contribution is 7.13. The molecule has 0 aliphatic heterocycles. The van der Waals surface area contributed by atoms with Crippen molar-refractivity contribution in [2.24, 2.45) is 23.7 Å². The first kappa shape index (κ1) is 16.0. The highest BCUT2D eigenvalue weighted by atomic mass is 32.1. The van der Waals surface area contributed by atoms with Gasteiger partial charge >= 0.3 is 5.97 Å². The molecule has 0 radical (unpaired) electrons. The van der Waals surface area contributed by atoms with Crippen LogP contribution in [0.3, 0.4) is 0 Å². The van der Waals surface area contributed by atoms with Crippen LogP contribution in [0.2, 0.25) is 0 Å². The number of carbonyl (C=O) groups excluding carboxylic acids is 1. The smallest absolute Gasteiger partial charge is 0.307 e. The first-order valence-electron chi connectivity index (χ1n) is 8.32. The van der Waals surface area contributed by atoms with E-state index < -0.39 is 17.8 Å². The standard InChI is InChI=1S/C19H18N2O3S/c22-17(15-12-6-7-13(8-12)16(15)19(23)24)20-9-14-10-25-18(21-14)11-4-2-1-3-5-11/h1-7,10,12-13,15-16H,8-9H2,(H,20,22)(H,23,24)/t12-,13-,15-,16+/m0/s1. The van der Waals surface area contributed by atoms with Crippen LogP contribution in [0.1, 0.15) is 12.1 Å². The molecule has 1 aromatic carbocycles. The molecule has 6 heteroatoms.